The molecule has 2 aliphatic heterocycles. The van der Waals surface area contributed by atoms with Gasteiger partial charge in [0.25, 0.3) is 0 Å². The van der Waals surface area contributed by atoms with E-state index in [1.807, 2.05) is 0 Å². The highest BCUT2D eigenvalue weighted by atomic mass is 32.2. The number of carboxylic acid groups (broad SMARTS) is 1. The molecular formula is C21H21FN2O7S. The SMILES string of the molecule is NC(=O)C12CCC(CC(NS(=O)(=O)c3ccc(Oc4ccc(F)cc4)cc3)(C(=O)O)C1)O2. The number of rotatable bonds is 7. The molecule has 0 aliphatic carbocycles. The van der Waals surface area contributed by atoms with Crippen LogP contribution < -0.4 is 15.2 Å². The van der Waals surface area contributed by atoms with Gasteiger partial charge in [0.15, 0.2) is 0 Å². The Bertz CT molecular complexity index is 1150. The summed E-state index contributed by atoms with van der Waals surface area (Å²) in [7, 11) is -4.27. The molecular weight excluding hydrogens is 443 g/mol. The predicted molar refractivity (Wildman–Crippen MR) is 109 cm³/mol. The summed E-state index contributed by atoms with van der Waals surface area (Å²) in [4.78, 5) is 24.0. The van der Waals surface area contributed by atoms with Crippen LogP contribution in [-0.4, -0.2) is 42.6 Å². The standard InChI is InChI=1S/C21H21FN2O7S/c22-13-1-3-14(4-2-13)30-15-5-7-17(8-6-15)32(28,29)24-20(19(26)27)11-16-9-10-21(12-20,31-16)18(23)25/h1-8,16,24H,9-12H2,(H2,23,25)(H,26,27). The summed E-state index contributed by atoms with van der Waals surface area (Å²) in [6.45, 7) is 0. The molecule has 32 heavy (non-hydrogen) atoms. The highest BCUT2D eigenvalue weighted by molar-refractivity contribution is 7.89. The third-order valence-electron chi connectivity index (χ3n) is 5.80. The molecule has 2 heterocycles. The van der Waals surface area contributed by atoms with Crippen molar-refractivity contribution in [1.82, 2.24) is 4.72 Å². The van der Waals surface area contributed by atoms with E-state index < -0.39 is 51.4 Å². The Labute approximate surface area is 183 Å². The van der Waals surface area contributed by atoms with E-state index in [0.29, 0.717) is 17.9 Å². The molecule has 2 aliphatic rings. The minimum absolute atomic E-state index is 0.123. The van der Waals surface area contributed by atoms with Crippen LogP contribution in [0.15, 0.2) is 53.4 Å². The lowest BCUT2D eigenvalue weighted by molar-refractivity contribution is -0.167. The van der Waals surface area contributed by atoms with Crippen LogP contribution in [0.25, 0.3) is 0 Å². The quantitative estimate of drug-likeness (QED) is 0.568. The predicted octanol–water partition coefficient (Wildman–Crippen LogP) is 1.92. The molecule has 11 heteroatoms. The Hall–Kier alpha value is -3.02. The summed E-state index contributed by atoms with van der Waals surface area (Å²) in [5.41, 5.74) is 2.00. The maximum atomic E-state index is 13.0. The molecule has 3 atom stereocenters. The molecule has 2 aromatic rings. The fourth-order valence-corrected chi connectivity index (χ4v) is 5.62. The fraction of sp³-hybridized carbons (Fsp3) is 0.333. The van der Waals surface area contributed by atoms with Crippen molar-refractivity contribution in [1.29, 1.82) is 0 Å². The van der Waals surface area contributed by atoms with Crippen LogP contribution >= 0.6 is 0 Å². The normalized spacial score (nSPS) is 27.1. The van der Waals surface area contributed by atoms with Crippen molar-refractivity contribution in [2.45, 2.75) is 47.8 Å². The van der Waals surface area contributed by atoms with Gasteiger partial charge in [0.1, 0.15) is 28.5 Å². The first-order valence-corrected chi connectivity index (χ1v) is 11.3. The molecule has 0 radical (unpaired) electrons. The average Bonchev–Trinajstić information content (AvgIpc) is 3.06. The van der Waals surface area contributed by atoms with Crippen molar-refractivity contribution in [3.8, 4) is 11.5 Å². The zero-order valence-corrected chi connectivity index (χ0v) is 17.6. The Morgan fingerprint density at radius 2 is 1.72 bits per heavy atom. The van der Waals surface area contributed by atoms with Gasteiger partial charge in [-0.25, -0.2) is 12.8 Å². The Balaban J connectivity index is 1.56. The van der Waals surface area contributed by atoms with Gasteiger partial charge in [-0.2, -0.15) is 4.72 Å². The molecule has 2 fully saturated rings. The Morgan fingerprint density at radius 1 is 1.12 bits per heavy atom. The number of hydrogen-bond donors (Lipinski definition) is 3. The van der Waals surface area contributed by atoms with Gasteiger partial charge in [-0.15, -0.1) is 0 Å². The van der Waals surface area contributed by atoms with E-state index in [0.717, 1.165) is 0 Å². The van der Waals surface area contributed by atoms with Crippen LogP contribution in [-0.2, 0) is 24.3 Å². The van der Waals surface area contributed by atoms with Crippen LogP contribution in [0.3, 0.4) is 0 Å². The minimum Gasteiger partial charge on any atom is -0.480 e. The van der Waals surface area contributed by atoms with Crippen LogP contribution in [0.4, 0.5) is 4.39 Å². The van der Waals surface area contributed by atoms with Gasteiger partial charge >= 0.3 is 5.97 Å². The maximum Gasteiger partial charge on any atom is 0.325 e. The van der Waals surface area contributed by atoms with E-state index in [4.69, 9.17) is 15.2 Å². The second-order valence-corrected chi connectivity index (χ2v) is 9.72. The number of aliphatic carboxylic acids is 1. The Morgan fingerprint density at radius 3 is 2.28 bits per heavy atom. The number of primary amides is 1. The molecule has 0 saturated carbocycles. The third-order valence-corrected chi connectivity index (χ3v) is 7.35. The van der Waals surface area contributed by atoms with Gasteiger partial charge in [-0.3, -0.25) is 9.59 Å². The molecule has 4 rings (SSSR count). The number of carboxylic acids is 1. The van der Waals surface area contributed by atoms with Crippen molar-refractivity contribution in [3.05, 3.63) is 54.3 Å². The molecule has 2 aromatic carbocycles. The number of nitrogens with one attached hydrogen (secondary N) is 1. The lowest BCUT2D eigenvalue weighted by atomic mass is 9.81. The molecule has 170 valence electrons. The first kappa shape index (κ1) is 22.2. The first-order chi connectivity index (χ1) is 15.0. The zero-order chi connectivity index (χ0) is 23.1. The van der Waals surface area contributed by atoms with Crippen molar-refractivity contribution in [3.63, 3.8) is 0 Å². The number of fused-ring (bicyclic) bond motifs is 2. The van der Waals surface area contributed by atoms with Crippen LogP contribution in [0.1, 0.15) is 25.7 Å². The van der Waals surface area contributed by atoms with Crippen molar-refractivity contribution >= 4 is 21.9 Å². The molecule has 1 amide bonds. The molecule has 0 aromatic heterocycles. The molecule has 2 saturated heterocycles. The zero-order valence-electron chi connectivity index (χ0n) is 16.8. The molecule has 4 N–H and O–H groups in total. The van der Waals surface area contributed by atoms with Crippen molar-refractivity contribution < 1.29 is 37.0 Å². The van der Waals surface area contributed by atoms with Gasteiger partial charge in [-0.1, -0.05) is 0 Å². The van der Waals surface area contributed by atoms with Gasteiger partial charge in [0.2, 0.25) is 15.9 Å². The smallest absolute Gasteiger partial charge is 0.325 e. The number of ether oxygens (including phenoxy) is 2. The molecule has 0 spiro atoms. The fourth-order valence-electron chi connectivity index (χ4n) is 4.25. The lowest BCUT2D eigenvalue weighted by Gasteiger charge is -2.42. The summed E-state index contributed by atoms with van der Waals surface area (Å²) in [5.74, 6) is -1.97. The number of halogens is 1. The number of nitrogens with two attached hydrogens (primary N) is 1. The third kappa shape index (κ3) is 4.06. The van der Waals surface area contributed by atoms with E-state index in [1.165, 1.54) is 48.5 Å². The van der Waals surface area contributed by atoms with E-state index in [1.54, 1.807) is 0 Å². The number of benzene rings is 2. The number of sulfonamides is 1. The number of carbonyl (C=O) groups is 2. The number of carbonyl (C=O) groups excluding carboxylic acids is 1. The monoisotopic (exact) mass is 464 g/mol. The highest BCUT2D eigenvalue weighted by Gasteiger charge is 2.60. The van der Waals surface area contributed by atoms with Gasteiger partial charge < -0.3 is 20.3 Å². The van der Waals surface area contributed by atoms with E-state index in [-0.39, 0.29) is 17.7 Å². The summed E-state index contributed by atoms with van der Waals surface area (Å²) in [5, 5.41) is 9.90. The lowest BCUT2D eigenvalue weighted by Crippen LogP contribution is -2.64. The number of hydrogen-bond acceptors (Lipinski definition) is 6. The summed E-state index contributed by atoms with van der Waals surface area (Å²) in [6, 6.07) is 10.6. The Kier molecular flexibility index (Phi) is 5.43. The van der Waals surface area contributed by atoms with Crippen molar-refractivity contribution in [2.75, 3.05) is 0 Å². The highest BCUT2D eigenvalue weighted by Crippen LogP contribution is 2.46. The van der Waals surface area contributed by atoms with E-state index in [9.17, 15) is 27.5 Å². The van der Waals surface area contributed by atoms with Crippen LogP contribution in [0, 0.1) is 5.82 Å². The summed E-state index contributed by atoms with van der Waals surface area (Å²) < 4.78 is 52.5. The second kappa shape index (κ2) is 7.84. The topological polar surface area (TPSA) is 145 Å². The largest absolute Gasteiger partial charge is 0.480 e. The van der Waals surface area contributed by atoms with E-state index >= 15 is 0 Å². The van der Waals surface area contributed by atoms with E-state index in [2.05, 4.69) is 4.72 Å². The van der Waals surface area contributed by atoms with Crippen LogP contribution in [0.5, 0.6) is 11.5 Å². The second-order valence-electron chi connectivity index (χ2n) is 8.04. The molecule has 3 unspecified atom stereocenters. The number of amides is 1. The minimum atomic E-state index is -4.27. The van der Waals surface area contributed by atoms with Gasteiger partial charge in [-0.05, 0) is 61.4 Å². The van der Waals surface area contributed by atoms with Gasteiger partial charge in [0.05, 0.1) is 11.0 Å². The molecule has 2 bridgehead atoms. The average molecular weight is 464 g/mol. The molecule has 9 nitrogen and oxygen atoms in total. The maximum absolute atomic E-state index is 13.0. The van der Waals surface area contributed by atoms with Crippen LogP contribution in [0.2, 0.25) is 0 Å². The van der Waals surface area contributed by atoms with Gasteiger partial charge in [0, 0.05) is 12.8 Å². The summed E-state index contributed by atoms with van der Waals surface area (Å²) >= 11 is 0. The van der Waals surface area contributed by atoms with Crippen molar-refractivity contribution in [2.24, 2.45) is 5.73 Å². The summed E-state index contributed by atoms with van der Waals surface area (Å²) in [6.07, 6.45) is -0.468. The first-order valence-electron chi connectivity index (χ1n) is 9.82.